The van der Waals surface area contributed by atoms with Crippen LogP contribution in [0.3, 0.4) is 0 Å². The zero-order valence-corrected chi connectivity index (χ0v) is 17.8. The third kappa shape index (κ3) is 5.03. The number of rotatable bonds is 6. The van der Waals surface area contributed by atoms with E-state index in [4.69, 9.17) is 5.73 Å². The number of aromatic nitrogens is 2. The summed E-state index contributed by atoms with van der Waals surface area (Å²) in [6.07, 6.45) is -2.04. The predicted octanol–water partition coefficient (Wildman–Crippen LogP) is 4.79. The molecule has 0 unspecified atom stereocenters. The summed E-state index contributed by atoms with van der Waals surface area (Å²) < 4.78 is 38.8. The minimum absolute atomic E-state index is 0.0852. The van der Waals surface area contributed by atoms with Crippen molar-refractivity contribution in [1.29, 1.82) is 0 Å². The standard InChI is InChI=1S/C25H19F3N4O2/c26-25(27,28)17-6-2-5-16(13-17)24(34)32-18-7-1-4-15(12-18)10-11-21-19-8-3-9-20(23(29)33)22(19)31-14-30-21/h1-9,12-14H,10-11H2,(H2,29,33)(H,32,34). The molecule has 0 bridgehead atoms. The van der Waals surface area contributed by atoms with Gasteiger partial charge in [0.25, 0.3) is 11.8 Å². The molecule has 34 heavy (non-hydrogen) atoms. The fourth-order valence-corrected chi connectivity index (χ4v) is 3.65. The summed E-state index contributed by atoms with van der Waals surface area (Å²) in [4.78, 5) is 32.7. The SMILES string of the molecule is NC(=O)c1cccc2c(CCc3cccc(NC(=O)c4cccc(C(F)(F)F)c4)c3)ncnc12. The summed E-state index contributed by atoms with van der Waals surface area (Å²) in [5.41, 5.74) is 7.36. The van der Waals surface area contributed by atoms with Crippen LogP contribution in [0, 0.1) is 0 Å². The zero-order chi connectivity index (χ0) is 24.3. The Hall–Kier alpha value is -4.27. The number of carbonyl (C=O) groups excluding carboxylic acids is 2. The number of benzene rings is 3. The van der Waals surface area contributed by atoms with E-state index < -0.39 is 23.6 Å². The molecule has 2 amide bonds. The van der Waals surface area contributed by atoms with Crippen molar-refractivity contribution in [1.82, 2.24) is 9.97 Å². The smallest absolute Gasteiger partial charge is 0.366 e. The lowest BCUT2D eigenvalue weighted by Gasteiger charge is -2.11. The third-order valence-electron chi connectivity index (χ3n) is 5.30. The predicted molar refractivity (Wildman–Crippen MR) is 121 cm³/mol. The number of alkyl halides is 3. The maximum atomic E-state index is 12.9. The van der Waals surface area contributed by atoms with Gasteiger partial charge in [0.2, 0.25) is 0 Å². The third-order valence-corrected chi connectivity index (χ3v) is 5.30. The largest absolute Gasteiger partial charge is 0.416 e. The second-order valence-corrected chi connectivity index (χ2v) is 7.62. The lowest BCUT2D eigenvalue weighted by atomic mass is 10.0. The topological polar surface area (TPSA) is 98.0 Å². The van der Waals surface area contributed by atoms with Gasteiger partial charge >= 0.3 is 6.18 Å². The lowest BCUT2D eigenvalue weighted by molar-refractivity contribution is -0.137. The van der Waals surface area contributed by atoms with Crippen LogP contribution in [0.5, 0.6) is 0 Å². The first-order chi connectivity index (χ1) is 16.2. The average Bonchev–Trinajstić information content (AvgIpc) is 2.82. The van der Waals surface area contributed by atoms with Crippen LogP contribution in [0.1, 0.15) is 37.5 Å². The molecule has 0 radical (unpaired) electrons. The van der Waals surface area contributed by atoms with Crippen LogP contribution < -0.4 is 11.1 Å². The van der Waals surface area contributed by atoms with Gasteiger partial charge in [-0.3, -0.25) is 9.59 Å². The van der Waals surface area contributed by atoms with E-state index in [1.807, 2.05) is 12.1 Å². The lowest BCUT2D eigenvalue weighted by Crippen LogP contribution is -2.14. The van der Waals surface area contributed by atoms with Gasteiger partial charge in [-0.1, -0.05) is 30.3 Å². The first kappa shape index (κ1) is 22.9. The Morgan fingerprint density at radius 1 is 0.912 bits per heavy atom. The molecule has 1 heterocycles. The molecule has 0 fully saturated rings. The van der Waals surface area contributed by atoms with Crippen molar-refractivity contribution in [3.8, 4) is 0 Å². The molecular weight excluding hydrogens is 445 g/mol. The first-order valence-electron chi connectivity index (χ1n) is 10.3. The highest BCUT2D eigenvalue weighted by Gasteiger charge is 2.30. The molecule has 1 aromatic heterocycles. The zero-order valence-electron chi connectivity index (χ0n) is 17.8. The molecule has 0 saturated heterocycles. The molecule has 0 aliphatic heterocycles. The maximum Gasteiger partial charge on any atom is 0.416 e. The Kier molecular flexibility index (Phi) is 6.27. The number of fused-ring (bicyclic) bond motifs is 1. The molecule has 6 nitrogen and oxygen atoms in total. The summed E-state index contributed by atoms with van der Waals surface area (Å²) in [5.74, 6) is -1.21. The van der Waals surface area contributed by atoms with E-state index in [2.05, 4.69) is 15.3 Å². The number of para-hydroxylation sites is 1. The van der Waals surface area contributed by atoms with Gasteiger partial charge < -0.3 is 11.1 Å². The van der Waals surface area contributed by atoms with Crippen molar-refractivity contribution < 1.29 is 22.8 Å². The van der Waals surface area contributed by atoms with Gasteiger partial charge in [-0.15, -0.1) is 0 Å². The number of nitrogens with one attached hydrogen (secondary N) is 1. The molecule has 0 spiro atoms. The molecule has 172 valence electrons. The summed E-state index contributed by atoms with van der Waals surface area (Å²) in [5, 5.41) is 3.37. The van der Waals surface area contributed by atoms with E-state index in [0.717, 1.165) is 28.8 Å². The number of hydrogen-bond acceptors (Lipinski definition) is 4. The first-order valence-corrected chi connectivity index (χ1v) is 10.3. The van der Waals surface area contributed by atoms with Gasteiger partial charge in [0.05, 0.1) is 22.3 Å². The number of aryl methyl sites for hydroxylation is 2. The van der Waals surface area contributed by atoms with Crippen molar-refractivity contribution in [3.63, 3.8) is 0 Å². The van der Waals surface area contributed by atoms with Crippen LogP contribution in [0.25, 0.3) is 10.9 Å². The van der Waals surface area contributed by atoms with Crippen LogP contribution >= 0.6 is 0 Å². The van der Waals surface area contributed by atoms with Gasteiger partial charge in [0.15, 0.2) is 0 Å². The van der Waals surface area contributed by atoms with Crippen molar-refractivity contribution in [2.75, 3.05) is 5.32 Å². The van der Waals surface area contributed by atoms with E-state index in [0.29, 0.717) is 29.6 Å². The Morgan fingerprint density at radius 2 is 1.68 bits per heavy atom. The molecule has 0 atom stereocenters. The number of hydrogen-bond donors (Lipinski definition) is 2. The Balaban J connectivity index is 1.49. The van der Waals surface area contributed by atoms with Gasteiger partial charge in [-0.2, -0.15) is 13.2 Å². The van der Waals surface area contributed by atoms with E-state index >= 15 is 0 Å². The quantitative estimate of drug-likeness (QED) is 0.429. The van der Waals surface area contributed by atoms with E-state index in [1.54, 1.807) is 30.3 Å². The van der Waals surface area contributed by atoms with Crippen molar-refractivity contribution in [3.05, 3.63) is 101 Å². The Labute approximate surface area is 192 Å². The Bertz CT molecular complexity index is 1390. The molecule has 0 aliphatic carbocycles. The van der Waals surface area contributed by atoms with Gasteiger partial charge in [0, 0.05) is 16.6 Å². The van der Waals surface area contributed by atoms with Crippen molar-refractivity contribution >= 4 is 28.4 Å². The van der Waals surface area contributed by atoms with Gasteiger partial charge in [-0.05, 0) is 54.8 Å². The summed E-state index contributed by atoms with van der Waals surface area (Å²) in [7, 11) is 0. The molecule has 0 aliphatic rings. The fourth-order valence-electron chi connectivity index (χ4n) is 3.65. The molecule has 3 aromatic carbocycles. The van der Waals surface area contributed by atoms with Crippen LogP contribution in [0.4, 0.5) is 18.9 Å². The Morgan fingerprint density at radius 3 is 2.44 bits per heavy atom. The van der Waals surface area contributed by atoms with E-state index in [9.17, 15) is 22.8 Å². The number of amides is 2. The minimum atomic E-state index is -4.53. The van der Waals surface area contributed by atoms with Gasteiger partial charge in [0.1, 0.15) is 6.33 Å². The maximum absolute atomic E-state index is 12.9. The van der Waals surface area contributed by atoms with Crippen LogP contribution in [-0.2, 0) is 19.0 Å². The summed E-state index contributed by atoms with van der Waals surface area (Å²) in [6.45, 7) is 0. The fraction of sp³-hybridized carbons (Fsp3) is 0.120. The summed E-state index contributed by atoms with van der Waals surface area (Å²) in [6, 6.07) is 16.5. The second kappa shape index (κ2) is 9.30. The van der Waals surface area contributed by atoms with Gasteiger partial charge in [-0.25, -0.2) is 9.97 Å². The molecular formula is C25H19F3N4O2. The molecule has 3 N–H and O–H groups in total. The normalized spacial score (nSPS) is 11.4. The summed E-state index contributed by atoms with van der Waals surface area (Å²) >= 11 is 0. The number of nitrogens with zero attached hydrogens (tertiary/aromatic N) is 2. The number of nitrogens with two attached hydrogens (primary N) is 1. The highest BCUT2D eigenvalue weighted by atomic mass is 19.4. The monoisotopic (exact) mass is 464 g/mol. The average molecular weight is 464 g/mol. The molecule has 9 heteroatoms. The minimum Gasteiger partial charge on any atom is -0.366 e. The van der Waals surface area contributed by atoms with Crippen LogP contribution in [0.2, 0.25) is 0 Å². The molecule has 0 saturated carbocycles. The number of primary amides is 1. The van der Waals surface area contributed by atoms with Crippen molar-refractivity contribution in [2.24, 2.45) is 5.73 Å². The number of anilines is 1. The van der Waals surface area contributed by atoms with Crippen molar-refractivity contribution in [2.45, 2.75) is 19.0 Å². The van der Waals surface area contributed by atoms with Crippen LogP contribution in [0.15, 0.2) is 73.1 Å². The number of carbonyl (C=O) groups is 2. The highest BCUT2D eigenvalue weighted by molar-refractivity contribution is 6.05. The molecule has 4 rings (SSSR count). The number of halogens is 3. The van der Waals surface area contributed by atoms with E-state index in [-0.39, 0.29) is 5.56 Å². The highest BCUT2D eigenvalue weighted by Crippen LogP contribution is 2.29. The van der Waals surface area contributed by atoms with E-state index in [1.165, 1.54) is 18.5 Å². The molecule has 4 aromatic rings. The second-order valence-electron chi connectivity index (χ2n) is 7.62. The van der Waals surface area contributed by atoms with Crippen LogP contribution in [-0.4, -0.2) is 21.8 Å².